The van der Waals surface area contributed by atoms with Crippen LogP contribution in [0.25, 0.3) is 39.4 Å². The molecule has 1 aromatic heterocycles. The predicted molar refractivity (Wildman–Crippen MR) is 186 cm³/mol. The molecule has 44 heavy (non-hydrogen) atoms. The number of aromatic nitrogens is 1. The second kappa shape index (κ2) is 10.7. The third kappa shape index (κ3) is 4.34. The molecule has 0 unspecified atom stereocenters. The minimum Gasteiger partial charge on any atom is -0.306 e. The number of anilines is 6. The average molecular weight is 564 g/mol. The summed E-state index contributed by atoms with van der Waals surface area (Å²) < 4.78 is 0. The van der Waals surface area contributed by atoms with Crippen molar-refractivity contribution >= 4 is 51.1 Å². The number of fused-ring (bicyclic) bond motifs is 3. The second-order valence-corrected chi connectivity index (χ2v) is 10.9. The number of rotatable bonds is 5. The van der Waals surface area contributed by atoms with Crippen molar-refractivity contribution in [1.29, 1.82) is 0 Å². The molecule has 0 spiro atoms. The molecule has 0 saturated heterocycles. The van der Waals surface area contributed by atoms with Gasteiger partial charge >= 0.3 is 0 Å². The summed E-state index contributed by atoms with van der Waals surface area (Å²) in [6.45, 7) is 3.97. The summed E-state index contributed by atoms with van der Waals surface area (Å²) in [6, 6.07) is 55.7. The van der Waals surface area contributed by atoms with Crippen LogP contribution in [0.2, 0.25) is 0 Å². The Morgan fingerprint density at radius 2 is 1.00 bits per heavy atom. The molecule has 3 nitrogen and oxygen atoms in total. The van der Waals surface area contributed by atoms with E-state index in [-0.39, 0.29) is 0 Å². The van der Waals surface area contributed by atoms with Gasteiger partial charge < -0.3 is 9.80 Å². The highest BCUT2D eigenvalue weighted by Crippen LogP contribution is 2.53. The molecule has 3 heteroatoms. The number of hydrogen-bond donors (Lipinski definition) is 0. The average Bonchev–Trinajstić information content (AvgIpc) is 3.10. The van der Waals surface area contributed by atoms with E-state index >= 15 is 0 Å². The van der Waals surface area contributed by atoms with Crippen molar-refractivity contribution in [2.75, 3.05) is 9.80 Å². The maximum Gasteiger partial charge on any atom is 0.0716 e. The van der Waals surface area contributed by atoms with E-state index in [4.69, 9.17) is 4.98 Å². The van der Waals surface area contributed by atoms with Gasteiger partial charge in [0.15, 0.2) is 0 Å². The normalized spacial score (nSPS) is 12.1. The highest BCUT2D eigenvalue weighted by atomic mass is 15.3. The zero-order valence-corrected chi connectivity index (χ0v) is 24.1. The lowest BCUT2D eigenvalue weighted by Gasteiger charge is -2.40. The maximum absolute atomic E-state index is 5.11. The molecule has 0 radical (unpaired) electrons. The Morgan fingerprint density at radius 3 is 1.57 bits per heavy atom. The van der Waals surface area contributed by atoms with E-state index in [9.17, 15) is 0 Å². The van der Waals surface area contributed by atoms with Gasteiger partial charge in [0.25, 0.3) is 0 Å². The summed E-state index contributed by atoms with van der Waals surface area (Å²) in [6.07, 6.45) is 1.89. The van der Waals surface area contributed by atoms with Crippen LogP contribution in [0, 0.1) is 0 Å². The van der Waals surface area contributed by atoms with Gasteiger partial charge in [0.2, 0.25) is 0 Å². The van der Waals surface area contributed by atoms with Gasteiger partial charge in [-0.05, 0) is 83.4 Å². The molecule has 6 aromatic carbocycles. The van der Waals surface area contributed by atoms with Gasteiger partial charge in [-0.25, -0.2) is 4.98 Å². The number of para-hydroxylation sites is 5. The van der Waals surface area contributed by atoms with Gasteiger partial charge in [-0.3, -0.25) is 0 Å². The van der Waals surface area contributed by atoms with Crippen LogP contribution in [0.4, 0.5) is 34.1 Å². The molecule has 1 aliphatic heterocycles. The Kier molecular flexibility index (Phi) is 6.28. The van der Waals surface area contributed by atoms with Gasteiger partial charge in [-0.2, -0.15) is 0 Å². The fraction of sp³-hybridized carbons (Fsp3) is 0. The van der Waals surface area contributed by atoms with E-state index in [1.54, 1.807) is 0 Å². The van der Waals surface area contributed by atoms with E-state index < -0.39 is 0 Å². The fourth-order valence-electron chi connectivity index (χ4n) is 6.23. The second-order valence-electron chi connectivity index (χ2n) is 10.9. The molecular formula is C41H29N3. The van der Waals surface area contributed by atoms with Gasteiger partial charge in [0.05, 0.1) is 34.0 Å². The van der Waals surface area contributed by atoms with Crippen LogP contribution in [0.15, 0.2) is 164 Å². The fourth-order valence-corrected chi connectivity index (χ4v) is 6.23. The molecule has 208 valence electrons. The molecule has 7 aromatic rings. The third-order valence-electron chi connectivity index (χ3n) is 8.32. The molecule has 8 rings (SSSR count). The number of hydrogen-bond acceptors (Lipinski definition) is 3. The van der Waals surface area contributed by atoms with Crippen LogP contribution in [0.3, 0.4) is 0 Å². The van der Waals surface area contributed by atoms with Crippen molar-refractivity contribution < 1.29 is 0 Å². The minimum atomic E-state index is 0.948. The summed E-state index contributed by atoms with van der Waals surface area (Å²) in [5, 5.41) is 1.12. The third-order valence-corrected chi connectivity index (χ3v) is 8.32. The Labute approximate surface area is 257 Å². The number of benzene rings is 6. The Morgan fingerprint density at radius 1 is 0.477 bits per heavy atom. The van der Waals surface area contributed by atoms with Gasteiger partial charge in [-0.15, -0.1) is 0 Å². The summed E-state index contributed by atoms with van der Waals surface area (Å²) in [4.78, 5) is 9.81. The molecule has 0 atom stereocenters. The first-order valence-corrected chi connectivity index (χ1v) is 14.8. The summed E-state index contributed by atoms with van der Waals surface area (Å²) in [7, 11) is 0. The van der Waals surface area contributed by atoms with E-state index in [0.29, 0.717) is 0 Å². The molecule has 0 amide bonds. The van der Waals surface area contributed by atoms with Crippen molar-refractivity contribution in [2.24, 2.45) is 0 Å². The topological polar surface area (TPSA) is 19.4 Å². The molecule has 0 N–H and O–H groups in total. The first-order chi connectivity index (χ1) is 21.8. The van der Waals surface area contributed by atoms with Crippen LogP contribution >= 0.6 is 0 Å². The Balaban J connectivity index is 1.24. The molecule has 0 aliphatic carbocycles. The van der Waals surface area contributed by atoms with Crippen LogP contribution in [0.5, 0.6) is 0 Å². The van der Waals surface area contributed by atoms with Crippen LogP contribution in [-0.4, -0.2) is 4.98 Å². The van der Waals surface area contributed by atoms with Crippen LogP contribution < -0.4 is 9.80 Å². The number of nitrogens with zero attached hydrogens (tertiary/aromatic N) is 3. The van der Waals surface area contributed by atoms with Gasteiger partial charge in [-0.1, -0.05) is 104 Å². The van der Waals surface area contributed by atoms with Gasteiger partial charge in [0.1, 0.15) is 0 Å². The molecule has 0 bridgehead atoms. The van der Waals surface area contributed by atoms with E-state index in [0.717, 1.165) is 61.8 Å². The van der Waals surface area contributed by atoms with Crippen molar-refractivity contribution in [3.05, 3.63) is 170 Å². The molecule has 0 fully saturated rings. The van der Waals surface area contributed by atoms with Crippen molar-refractivity contribution in [2.45, 2.75) is 0 Å². The largest absolute Gasteiger partial charge is 0.306 e. The first kappa shape index (κ1) is 25.8. The molecule has 2 heterocycles. The predicted octanol–water partition coefficient (Wildman–Crippen LogP) is 11.5. The van der Waals surface area contributed by atoms with E-state index in [1.165, 1.54) is 11.1 Å². The highest BCUT2D eigenvalue weighted by Gasteiger charge is 2.29. The van der Waals surface area contributed by atoms with Crippen LogP contribution in [-0.2, 0) is 0 Å². The maximum atomic E-state index is 5.11. The van der Waals surface area contributed by atoms with Crippen molar-refractivity contribution in [3.63, 3.8) is 0 Å². The van der Waals surface area contributed by atoms with Gasteiger partial charge in [0, 0.05) is 22.3 Å². The lowest BCUT2D eigenvalue weighted by Crippen LogP contribution is -2.23. The minimum absolute atomic E-state index is 0.948. The smallest absolute Gasteiger partial charge is 0.0716 e. The lowest BCUT2D eigenvalue weighted by atomic mass is 9.97. The molecule has 0 saturated carbocycles. The standard InChI is InChI=1S/C41H29N3/c1-2-29-21-26-36-35(27-29)34(30-13-5-3-6-14-30)28-37(42-36)31-22-24-33(25-23-31)44-40-19-11-9-17-38(40)43(32-15-7-4-8-16-32)39-18-10-12-20-41(39)44/h2-28H,1H2. The first-order valence-electron chi connectivity index (χ1n) is 14.8. The Hall–Kier alpha value is -5.93. The summed E-state index contributed by atoms with van der Waals surface area (Å²) in [5.74, 6) is 0. The van der Waals surface area contributed by atoms with Crippen molar-refractivity contribution in [1.82, 2.24) is 4.98 Å². The Bertz CT molecular complexity index is 2090. The van der Waals surface area contributed by atoms with Crippen molar-refractivity contribution in [3.8, 4) is 22.4 Å². The summed E-state index contributed by atoms with van der Waals surface area (Å²) in [5.41, 5.74) is 13.2. The highest BCUT2D eigenvalue weighted by molar-refractivity contribution is 6.02. The molecule has 1 aliphatic rings. The van der Waals surface area contributed by atoms with E-state index in [2.05, 4.69) is 174 Å². The summed E-state index contributed by atoms with van der Waals surface area (Å²) >= 11 is 0. The zero-order chi connectivity index (χ0) is 29.5. The van der Waals surface area contributed by atoms with Crippen LogP contribution in [0.1, 0.15) is 5.56 Å². The van der Waals surface area contributed by atoms with E-state index in [1.807, 2.05) is 6.08 Å². The lowest BCUT2D eigenvalue weighted by molar-refractivity contribution is 1.17. The number of pyridine rings is 1. The monoisotopic (exact) mass is 563 g/mol. The molecular weight excluding hydrogens is 534 g/mol. The zero-order valence-electron chi connectivity index (χ0n) is 24.1. The quantitative estimate of drug-likeness (QED) is 0.208. The SMILES string of the molecule is C=Cc1ccc2nc(-c3ccc(N4c5ccccc5N(c5ccccc5)c5ccccc54)cc3)cc(-c3ccccc3)c2c1.